The molecule has 2 heterocycles. The number of ketones is 2. The van der Waals surface area contributed by atoms with Crippen molar-refractivity contribution in [2.75, 3.05) is 0 Å². The van der Waals surface area contributed by atoms with Crippen LogP contribution in [0.1, 0.15) is 43.3 Å². The van der Waals surface area contributed by atoms with E-state index in [1.807, 2.05) is 25.1 Å². The molecule has 0 bridgehead atoms. The van der Waals surface area contributed by atoms with Crippen LogP contribution in [-0.4, -0.2) is 26.7 Å². The zero-order chi connectivity index (χ0) is 17.8. The van der Waals surface area contributed by atoms with Gasteiger partial charge in [0.15, 0.2) is 11.6 Å². The van der Waals surface area contributed by atoms with Gasteiger partial charge in [-0.05, 0) is 30.5 Å². The lowest BCUT2D eigenvalue weighted by molar-refractivity contribution is 0.0982. The van der Waals surface area contributed by atoms with Crippen LogP contribution in [0.5, 0.6) is 0 Å². The van der Waals surface area contributed by atoms with E-state index >= 15 is 0 Å². The second kappa shape index (κ2) is 7.17. The molecule has 0 unspecified atom stereocenters. The van der Waals surface area contributed by atoms with Gasteiger partial charge in [0, 0.05) is 25.2 Å². The maximum atomic E-state index is 12.4. The molecule has 0 aliphatic heterocycles. The minimum absolute atomic E-state index is 0.0562. The molecule has 0 amide bonds. The van der Waals surface area contributed by atoms with E-state index in [9.17, 15) is 9.59 Å². The number of carbonyl (C=O) groups is 2. The number of aryl methyl sites for hydroxylation is 2. The van der Waals surface area contributed by atoms with Gasteiger partial charge in [0.05, 0.1) is 18.0 Å². The van der Waals surface area contributed by atoms with Gasteiger partial charge in [-0.3, -0.25) is 14.6 Å². The zero-order valence-electron chi connectivity index (χ0n) is 14.0. The predicted octanol–water partition coefficient (Wildman–Crippen LogP) is 2.93. The van der Waals surface area contributed by atoms with Crippen molar-refractivity contribution in [2.24, 2.45) is 0 Å². The molecule has 6 nitrogen and oxygen atoms in total. The smallest absolute Gasteiger partial charge is 0.187 e. The highest BCUT2D eigenvalue weighted by Gasteiger charge is 2.16. The predicted molar refractivity (Wildman–Crippen MR) is 90.5 cm³/mol. The minimum Gasteiger partial charge on any atom is -0.361 e. The normalized spacial score (nSPS) is 10.6. The van der Waals surface area contributed by atoms with Gasteiger partial charge in [0.2, 0.25) is 0 Å². The van der Waals surface area contributed by atoms with E-state index in [0.717, 1.165) is 16.7 Å². The van der Waals surface area contributed by atoms with Crippen molar-refractivity contribution in [1.29, 1.82) is 0 Å². The van der Waals surface area contributed by atoms with Crippen LogP contribution in [0.3, 0.4) is 0 Å². The maximum absolute atomic E-state index is 12.4. The summed E-state index contributed by atoms with van der Waals surface area (Å²) in [6.45, 7) is 3.65. The number of benzene rings is 1. The molecule has 0 atom stereocenters. The van der Waals surface area contributed by atoms with Gasteiger partial charge in [-0.25, -0.2) is 4.98 Å². The van der Waals surface area contributed by atoms with Crippen LogP contribution in [0.2, 0.25) is 0 Å². The monoisotopic (exact) mass is 335 g/mol. The highest BCUT2D eigenvalue weighted by atomic mass is 16.5. The number of hydrogen-bond donors (Lipinski definition) is 0. The van der Waals surface area contributed by atoms with Crippen LogP contribution in [0.15, 0.2) is 47.5 Å². The molecule has 0 aliphatic carbocycles. The lowest BCUT2D eigenvalue weighted by atomic mass is 9.96. The average Bonchev–Trinajstić information content (AvgIpc) is 3.04. The number of Topliss-reactive ketones (excluding diaryl/α,β-unsaturated/α-hetero) is 2. The molecule has 6 heteroatoms. The molecule has 0 aliphatic rings. The Morgan fingerprint density at radius 1 is 1.04 bits per heavy atom. The summed E-state index contributed by atoms with van der Waals surface area (Å²) in [5.41, 5.74) is 3.54. The Bertz CT molecular complexity index is 917. The van der Waals surface area contributed by atoms with Gasteiger partial charge in [0.1, 0.15) is 11.5 Å². The summed E-state index contributed by atoms with van der Waals surface area (Å²) in [6, 6.07) is 5.70. The third-order valence-electron chi connectivity index (χ3n) is 4.03. The highest BCUT2D eigenvalue weighted by molar-refractivity contribution is 5.98. The van der Waals surface area contributed by atoms with Gasteiger partial charge < -0.3 is 4.52 Å². The third kappa shape index (κ3) is 3.85. The zero-order valence-corrected chi connectivity index (χ0v) is 14.0. The molecular formula is C19H17N3O3. The van der Waals surface area contributed by atoms with E-state index in [0.29, 0.717) is 17.0 Å². The molecule has 0 saturated carbocycles. The Kier molecular flexibility index (Phi) is 4.79. The molecule has 3 rings (SSSR count). The number of rotatable bonds is 6. The summed E-state index contributed by atoms with van der Waals surface area (Å²) in [6.07, 6.45) is 6.37. The van der Waals surface area contributed by atoms with Crippen LogP contribution in [0.4, 0.5) is 0 Å². The van der Waals surface area contributed by atoms with Crippen molar-refractivity contribution in [3.63, 3.8) is 0 Å². The molecule has 2 aromatic heterocycles. The molecule has 0 spiro atoms. The van der Waals surface area contributed by atoms with Crippen molar-refractivity contribution < 1.29 is 14.1 Å². The highest BCUT2D eigenvalue weighted by Crippen LogP contribution is 2.17. The Hall–Kier alpha value is -3.15. The first kappa shape index (κ1) is 16.7. The lowest BCUT2D eigenvalue weighted by Crippen LogP contribution is -2.09. The largest absolute Gasteiger partial charge is 0.361 e. The Morgan fingerprint density at radius 2 is 1.88 bits per heavy atom. The van der Waals surface area contributed by atoms with Crippen molar-refractivity contribution in [1.82, 2.24) is 15.1 Å². The van der Waals surface area contributed by atoms with E-state index in [1.165, 1.54) is 24.8 Å². The minimum atomic E-state index is -0.107. The van der Waals surface area contributed by atoms with Crippen molar-refractivity contribution in [3.8, 4) is 0 Å². The number of aromatic nitrogens is 3. The molecule has 1 aromatic carbocycles. The molecule has 0 N–H and O–H groups in total. The molecule has 25 heavy (non-hydrogen) atoms. The fourth-order valence-electron chi connectivity index (χ4n) is 2.58. The SMILES string of the molecule is Cc1ccc(CC(=O)c2cnccn2)cc1CC(=O)c1cnoc1C. The first-order valence-corrected chi connectivity index (χ1v) is 7.86. The van der Waals surface area contributed by atoms with Crippen LogP contribution < -0.4 is 0 Å². The second-order valence-corrected chi connectivity index (χ2v) is 5.85. The summed E-state index contributed by atoms with van der Waals surface area (Å²) in [5.74, 6) is 0.347. The van der Waals surface area contributed by atoms with Crippen molar-refractivity contribution >= 4 is 11.6 Å². The molecule has 0 fully saturated rings. The van der Waals surface area contributed by atoms with Crippen molar-refractivity contribution in [2.45, 2.75) is 26.7 Å². The topological polar surface area (TPSA) is 86.0 Å². The number of carbonyl (C=O) groups excluding carboxylic acids is 2. The fourth-order valence-corrected chi connectivity index (χ4v) is 2.58. The quantitative estimate of drug-likeness (QED) is 0.644. The van der Waals surface area contributed by atoms with E-state index in [-0.39, 0.29) is 24.4 Å². The standard InChI is InChI=1S/C19H17N3O3/c1-12-3-4-14(8-19(24)17-11-20-5-6-21-17)7-15(12)9-18(23)16-10-22-25-13(16)2/h3-7,10-11H,8-9H2,1-2H3. The van der Waals surface area contributed by atoms with Gasteiger partial charge in [-0.15, -0.1) is 0 Å². The van der Waals surface area contributed by atoms with Crippen LogP contribution in [0, 0.1) is 13.8 Å². The van der Waals surface area contributed by atoms with E-state index in [2.05, 4.69) is 15.1 Å². The summed E-state index contributed by atoms with van der Waals surface area (Å²) in [5, 5.41) is 3.64. The first-order valence-electron chi connectivity index (χ1n) is 7.86. The summed E-state index contributed by atoms with van der Waals surface area (Å²) in [7, 11) is 0. The maximum Gasteiger partial charge on any atom is 0.187 e. The molecule has 0 saturated heterocycles. The second-order valence-electron chi connectivity index (χ2n) is 5.85. The van der Waals surface area contributed by atoms with Gasteiger partial charge in [-0.2, -0.15) is 0 Å². The number of hydrogen-bond acceptors (Lipinski definition) is 6. The summed E-state index contributed by atoms with van der Waals surface area (Å²) < 4.78 is 4.95. The average molecular weight is 335 g/mol. The van der Waals surface area contributed by atoms with E-state index in [1.54, 1.807) is 6.92 Å². The van der Waals surface area contributed by atoms with Crippen LogP contribution >= 0.6 is 0 Å². The molecule has 0 radical (unpaired) electrons. The number of nitrogens with zero attached hydrogens (tertiary/aromatic N) is 3. The van der Waals surface area contributed by atoms with Crippen molar-refractivity contribution in [3.05, 3.63) is 76.7 Å². The van der Waals surface area contributed by atoms with Crippen LogP contribution in [-0.2, 0) is 12.8 Å². The molecular weight excluding hydrogens is 318 g/mol. The Labute approximate surface area is 144 Å². The lowest BCUT2D eigenvalue weighted by Gasteiger charge is -2.08. The Balaban J connectivity index is 1.78. The first-order chi connectivity index (χ1) is 12.0. The fraction of sp³-hybridized carbons (Fsp3) is 0.211. The molecule has 3 aromatic rings. The Morgan fingerprint density at radius 3 is 2.56 bits per heavy atom. The summed E-state index contributed by atoms with van der Waals surface area (Å²) in [4.78, 5) is 32.6. The molecule has 126 valence electrons. The van der Waals surface area contributed by atoms with Gasteiger partial charge in [-0.1, -0.05) is 23.4 Å². The van der Waals surface area contributed by atoms with E-state index < -0.39 is 0 Å². The summed E-state index contributed by atoms with van der Waals surface area (Å²) >= 11 is 0. The van der Waals surface area contributed by atoms with Gasteiger partial charge >= 0.3 is 0 Å². The third-order valence-corrected chi connectivity index (χ3v) is 4.03. The van der Waals surface area contributed by atoms with Crippen LogP contribution in [0.25, 0.3) is 0 Å². The van der Waals surface area contributed by atoms with Gasteiger partial charge in [0.25, 0.3) is 0 Å². The van der Waals surface area contributed by atoms with E-state index in [4.69, 9.17) is 4.52 Å².